The van der Waals surface area contributed by atoms with Gasteiger partial charge in [-0.25, -0.2) is 0 Å². The summed E-state index contributed by atoms with van der Waals surface area (Å²) < 4.78 is 0. The second-order valence-electron chi connectivity index (χ2n) is 3.00. The maximum Gasteiger partial charge on any atom is -0.0411 e. The van der Waals surface area contributed by atoms with Crippen molar-refractivity contribution in [2.24, 2.45) is 5.41 Å². The summed E-state index contributed by atoms with van der Waals surface area (Å²) in [6.07, 6.45) is 0. The zero-order chi connectivity index (χ0) is 4.50. The Morgan fingerprint density at radius 2 is 0.833 bits per heavy atom. The van der Waals surface area contributed by atoms with E-state index in [0.29, 0.717) is 5.41 Å². The van der Waals surface area contributed by atoms with E-state index in [1.54, 1.807) is 0 Å². The Balaban J connectivity index is 0. The Kier molecular flexibility index (Phi) is 4.15. The number of rotatable bonds is 0. The fourth-order valence-corrected chi connectivity index (χ4v) is 0. The summed E-state index contributed by atoms with van der Waals surface area (Å²) in [4.78, 5) is 0. The largest absolute Gasteiger partial charge is 0.153 e. The van der Waals surface area contributed by atoms with Crippen molar-refractivity contribution >= 4 is 9.90 Å². The highest BCUT2D eigenvalue weighted by Gasteiger charge is 1.95. The van der Waals surface area contributed by atoms with Crippen LogP contribution in [0.5, 0.6) is 0 Å². The lowest BCUT2D eigenvalue weighted by Gasteiger charge is -2.05. The van der Waals surface area contributed by atoms with Gasteiger partial charge in [-0.05, 0) is 5.41 Å². The molecule has 0 saturated heterocycles. The van der Waals surface area contributed by atoms with Crippen LogP contribution in [-0.4, -0.2) is 0 Å². The van der Waals surface area contributed by atoms with Crippen molar-refractivity contribution in [3.05, 3.63) is 0 Å². The van der Waals surface area contributed by atoms with E-state index < -0.39 is 0 Å². The molecule has 0 rings (SSSR count). The minimum Gasteiger partial charge on any atom is -0.153 e. The molecular weight excluding hydrogens is 91.0 g/mol. The van der Waals surface area contributed by atoms with Gasteiger partial charge in [-0.1, -0.05) is 27.7 Å². The first-order chi connectivity index (χ1) is 2.00. The van der Waals surface area contributed by atoms with Crippen LogP contribution in [0.25, 0.3) is 0 Å². The summed E-state index contributed by atoms with van der Waals surface area (Å²) >= 11 is 0. The lowest BCUT2D eigenvalue weighted by Crippen LogP contribution is -1.93. The number of hydrogen-bond acceptors (Lipinski definition) is 0. The molecule has 0 aliphatic carbocycles. The molecule has 0 spiro atoms. The topological polar surface area (TPSA) is 0 Å². The summed E-state index contributed by atoms with van der Waals surface area (Å²) in [5.74, 6) is 0. The van der Waals surface area contributed by atoms with Gasteiger partial charge in [0.25, 0.3) is 0 Å². The smallest absolute Gasteiger partial charge is 0.0411 e. The minimum atomic E-state index is 0. The molecule has 0 fully saturated rings. The van der Waals surface area contributed by atoms with Crippen molar-refractivity contribution in [1.29, 1.82) is 0 Å². The monoisotopic (exact) mass is 106 g/mol. The van der Waals surface area contributed by atoms with E-state index in [0.717, 1.165) is 0 Å². The highest BCUT2D eigenvalue weighted by molar-refractivity contribution is 6.92. The van der Waals surface area contributed by atoms with Crippen molar-refractivity contribution in [2.45, 2.75) is 27.7 Å². The molecule has 0 heterocycles. The van der Waals surface area contributed by atoms with Gasteiger partial charge in [-0.3, -0.25) is 0 Å². The predicted octanol–water partition coefficient (Wildman–Crippen LogP) is 2.11. The van der Waals surface area contributed by atoms with Gasteiger partial charge >= 0.3 is 0 Å². The lowest BCUT2D eigenvalue weighted by atomic mass is 10.0. The highest BCUT2D eigenvalue weighted by Crippen LogP contribution is 2.07. The molecular formula is C5H15P. The zero-order valence-corrected chi connectivity index (χ0v) is 6.62. The van der Waals surface area contributed by atoms with Crippen LogP contribution < -0.4 is 0 Å². The van der Waals surface area contributed by atoms with E-state index in [4.69, 9.17) is 0 Å². The van der Waals surface area contributed by atoms with Crippen LogP contribution in [0.1, 0.15) is 27.7 Å². The third-order valence-corrected chi connectivity index (χ3v) is 0. The number of hydrogen-bond donors (Lipinski definition) is 0. The quantitative estimate of drug-likeness (QED) is 0.415. The molecule has 0 nitrogen and oxygen atoms in total. The molecule has 0 saturated carbocycles. The Morgan fingerprint density at radius 1 is 0.833 bits per heavy atom. The fraction of sp³-hybridized carbons (Fsp3) is 1.00. The third-order valence-electron chi connectivity index (χ3n) is 0. The summed E-state index contributed by atoms with van der Waals surface area (Å²) in [5.41, 5.74) is 0.500. The van der Waals surface area contributed by atoms with Gasteiger partial charge in [0.2, 0.25) is 0 Å². The molecule has 0 aliphatic heterocycles. The first-order valence-corrected chi connectivity index (χ1v) is 2.00. The zero-order valence-electron chi connectivity index (χ0n) is 5.21. The van der Waals surface area contributed by atoms with Crippen LogP contribution in [0.4, 0.5) is 0 Å². The summed E-state index contributed by atoms with van der Waals surface area (Å²) in [6, 6.07) is 0. The van der Waals surface area contributed by atoms with E-state index >= 15 is 0 Å². The maximum absolute atomic E-state index is 2.19. The molecule has 0 aliphatic rings. The predicted molar refractivity (Wildman–Crippen MR) is 36.2 cm³/mol. The van der Waals surface area contributed by atoms with Gasteiger partial charge in [-0.2, -0.15) is 9.90 Å². The van der Waals surface area contributed by atoms with Crippen molar-refractivity contribution in [3.63, 3.8) is 0 Å². The van der Waals surface area contributed by atoms with Crippen molar-refractivity contribution in [3.8, 4) is 0 Å². The molecule has 40 valence electrons. The summed E-state index contributed by atoms with van der Waals surface area (Å²) in [6.45, 7) is 8.75. The van der Waals surface area contributed by atoms with Gasteiger partial charge in [0, 0.05) is 0 Å². The molecule has 1 unspecified atom stereocenters. The minimum absolute atomic E-state index is 0. The van der Waals surface area contributed by atoms with E-state index in [9.17, 15) is 0 Å². The van der Waals surface area contributed by atoms with Crippen LogP contribution in [0.15, 0.2) is 0 Å². The molecule has 1 heteroatoms. The molecule has 6 heavy (non-hydrogen) atoms. The second kappa shape index (κ2) is 2.58. The van der Waals surface area contributed by atoms with Crippen molar-refractivity contribution in [1.82, 2.24) is 0 Å². The Morgan fingerprint density at radius 3 is 0.833 bits per heavy atom. The van der Waals surface area contributed by atoms with Crippen molar-refractivity contribution < 1.29 is 0 Å². The van der Waals surface area contributed by atoms with E-state index in [1.807, 2.05) is 0 Å². The van der Waals surface area contributed by atoms with Gasteiger partial charge in [0.05, 0.1) is 0 Å². The average molecular weight is 106 g/mol. The van der Waals surface area contributed by atoms with E-state index in [1.165, 1.54) is 0 Å². The molecule has 0 radical (unpaired) electrons. The van der Waals surface area contributed by atoms with Crippen LogP contribution in [0.3, 0.4) is 0 Å². The van der Waals surface area contributed by atoms with E-state index in [-0.39, 0.29) is 9.90 Å². The molecule has 0 aromatic heterocycles. The highest BCUT2D eigenvalue weighted by atomic mass is 31.0. The molecule has 0 aromatic carbocycles. The Labute approximate surface area is 43.9 Å². The Bertz CT molecular complexity index is 19.4. The first-order valence-electron chi connectivity index (χ1n) is 2.00. The van der Waals surface area contributed by atoms with Crippen LogP contribution >= 0.6 is 9.90 Å². The molecule has 0 amide bonds. The fourth-order valence-electron chi connectivity index (χ4n) is 0. The van der Waals surface area contributed by atoms with Gasteiger partial charge in [0.1, 0.15) is 0 Å². The molecule has 1 atom stereocenters. The Hall–Kier alpha value is 0.430. The molecule has 0 N–H and O–H groups in total. The van der Waals surface area contributed by atoms with E-state index in [2.05, 4.69) is 27.7 Å². The van der Waals surface area contributed by atoms with Crippen LogP contribution in [0.2, 0.25) is 0 Å². The standard InChI is InChI=1S/C5H12.H3P/c1-5(2,3)4;/h1-4H3;1H3. The van der Waals surface area contributed by atoms with Gasteiger partial charge < -0.3 is 0 Å². The normalized spacial score (nSPS) is 10.0. The lowest BCUT2D eigenvalue weighted by molar-refractivity contribution is 0.469. The first kappa shape index (κ1) is 9.66. The summed E-state index contributed by atoms with van der Waals surface area (Å²) in [5, 5.41) is 0. The molecule has 0 aromatic rings. The summed E-state index contributed by atoms with van der Waals surface area (Å²) in [7, 11) is 0. The average Bonchev–Trinajstić information content (AvgIpc) is 0.722. The van der Waals surface area contributed by atoms with Gasteiger partial charge in [0.15, 0.2) is 0 Å². The van der Waals surface area contributed by atoms with Gasteiger partial charge in [-0.15, -0.1) is 0 Å². The van der Waals surface area contributed by atoms with Crippen LogP contribution in [0, 0.1) is 5.41 Å². The third kappa shape index (κ3) is 282. The van der Waals surface area contributed by atoms with Crippen molar-refractivity contribution in [2.75, 3.05) is 0 Å². The maximum atomic E-state index is 2.19. The second-order valence-corrected chi connectivity index (χ2v) is 3.00. The molecule has 0 bridgehead atoms. The van der Waals surface area contributed by atoms with Crippen LogP contribution in [-0.2, 0) is 0 Å². The SMILES string of the molecule is CC(C)(C)C.P.